The summed E-state index contributed by atoms with van der Waals surface area (Å²) in [6, 6.07) is 17.8. The number of aryl methyl sites for hydroxylation is 1. The van der Waals surface area contributed by atoms with E-state index in [-0.39, 0.29) is 0 Å². The van der Waals surface area contributed by atoms with Crippen molar-refractivity contribution in [2.75, 3.05) is 7.11 Å². The first-order valence-electron chi connectivity index (χ1n) is 9.49. The lowest BCUT2D eigenvalue weighted by Crippen LogP contribution is -2.25. The fraction of sp³-hybridized carbons (Fsp3) is 0.304. The van der Waals surface area contributed by atoms with Crippen LogP contribution in [-0.2, 0) is 10.4 Å². The summed E-state index contributed by atoms with van der Waals surface area (Å²) in [7, 11) is 1.63. The number of aliphatic hydroxyl groups is 1. The molecule has 1 heterocycles. The van der Waals surface area contributed by atoms with Crippen LogP contribution in [0.2, 0.25) is 0 Å². The number of hydrogen-bond donors (Lipinski definition) is 1. The van der Waals surface area contributed by atoms with Crippen LogP contribution in [0.15, 0.2) is 54.6 Å². The molecule has 1 aromatic heterocycles. The largest absolute Gasteiger partial charge is 0.497 e. The second kappa shape index (κ2) is 8.40. The Morgan fingerprint density at radius 2 is 1.82 bits per heavy atom. The van der Waals surface area contributed by atoms with Crippen LogP contribution in [0.1, 0.15) is 37.4 Å². The number of rotatable bonds is 8. The summed E-state index contributed by atoms with van der Waals surface area (Å²) >= 11 is 0. The quantitative estimate of drug-likeness (QED) is 0.589. The first-order valence-corrected chi connectivity index (χ1v) is 9.49. The van der Waals surface area contributed by atoms with Crippen molar-refractivity contribution in [3.8, 4) is 22.7 Å². The number of ether oxygens (including phenoxy) is 1. The van der Waals surface area contributed by atoms with Crippen molar-refractivity contribution in [2.45, 2.75) is 38.7 Å². The molecule has 1 unspecified atom stereocenters. The third-order valence-electron chi connectivity index (χ3n) is 5.11. The highest BCUT2D eigenvalue weighted by atomic mass is 16.5. The van der Waals surface area contributed by atoms with Crippen LogP contribution in [0.3, 0.4) is 0 Å². The minimum atomic E-state index is -1.14. The van der Waals surface area contributed by atoms with E-state index in [1.165, 1.54) is 5.56 Å². The molecule has 1 N–H and O–H groups in total. The van der Waals surface area contributed by atoms with Gasteiger partial charge in [-0.05, 0) is 50.1 Å². The van der Waals surface area contributed by atoms with E-state index in [1.807, 2.05) is 61.0 Å². The van der Waals surface area contributed by atoms with Gasteiger partial charge in [0.25, 0.3) is 0 Å². The smallest absolute Gasteiger partial charge is 0.120 e. The molecule has 146 valence electrons. The standard InChI is InChI=1S/C23H26N2O3/c1-4-23(27,14-5-15-26)22-16-21(18-8-6-17(2)7-9-18)25(24-22)19-10-12-20(28-3)13-11-19/h6-13,15-16,27H,4-5,14H2,1-3H3. The topological polar surface area (TPSA) is 64.3 Å². The average molecular weight is 378 g/mol. The Morgan fingerprint density at radius 1 is 1.14 bits per heavy atom. The van der Waals surface area contributed by atoms with Crippen molar-refractivity contribution in [3.63, 3.8) is 0 Å². The van der Waals surface area contributed by atoms with E-state index >= 15 is 0 Å². The number of carbonyl (C=O) groups excluding carboxylic acids is 1. The number of aldehydes is 1. The number of nitrogens with zero attached hydrogens (tertiary/aromatic N) is 2. The predicted octanol–water partition coefficient (Wildman–Crippen LogP) is 4.43. The molecule has 3 aromatic rings. The molecule has 0 amide bonds. The molecule has 0 radical (unpaired) electrons. The van der Waals surface area contributed by atoms with E-state index in [0.717, 1.165) is 29.0 Å². The van der Waals surface area contributed by atoms with Gasteiger partial charge in [-0.2, -0.15) is 5.10 Å². The Hall–Kier alpha value is -2.92. The maximum atomic E-state index is 11.1. The highest BCUT2D eigenvalue weighted by molar-refractivity contribution is 5.63. The average Bonchev–Trinajstić information content (AvgIpc) is 3.18. The molecule has 0 saturated carbocycles. The van der Waals surface area contributed by atoms with Crippen LogP contribution in [-0.4, -0.2) is 28.3 Å². The summed E-state index contributed by atoms with van der Waals surface area (Å²) in [5.41, 5.74) is 3.38. The molecule has 0 aliphatic rings. The summed E-state index contributed by atoms with van der Waals surface area (Å²) in [6.45, 7) is 3.95. The summed E-state index contributed by atoms with van der Waals surface area (Å²) in [5, 5.41) is 15.9. The lowest BCUT2D eigenvalue weighted by atomic mass is 9.91. The normalized spacial score (nSPS) is 13.1. The third kappa shape index (κ3) is 3.99. The first-order chi connectivity index (χ1) is 13.5. The fourth-order valence-corrected chi connectivity index (χ4v) is 3.24. The summed E-state index contributed by atoms with van der Waals surface area (Å²) < 4.78 is 7.09. The zero-order chi connectivity index (χ0) is 20.1. The summed E-state index contributed by atoms with van der Waals surface area (Å²) in [5.74, 6) is 0.768. The van der Waals surface area contributed by atoms with Gasteiger partial charge in [0, 0.05) is 12.0 Å². The van der Waals surface area contributed by atoms with Gasteiger partial charge in [-0.3, -0.25) is 0 Å². The zero-order valence-corrected chi connectivity index (χ0v) is 16.6. The van der Waals surface area contributed by atoms with Gasteiger partial charge in [0.2, 0.25) is 0 Å². The predicted molar refractivity (Wildman–Crippen MR) is 110 cm³/mol. The fourth-order valence-electron chi connectivity index (χ4n) is 3.24. The van der Waals surface area contributed by atoms with E-state index < -0.39 is 5.60 Å². The molecule has 5 nitrogen and oxygen atoms in total. The van der Waals surface area contributed by atoms with E-state index in [4.69, 9.17) is 9.84 Å². The van der Waals surface area contributed by atoms with E-state index in [0.29, 0.717) is 25.0 Å². The molecule has 0 spiro atoms. The van der Waals surface area contributed by atoms with E-state index in [1.54, 1.807) is 7.11 Å². The minimum absolute atomic E-state index is 0.291. The van der Waals surface area contributed by atoms with Crippen LogP contribution >= 0.6 is 0 Å². The maximum Gasteiger partial charge on any atom is 0.120 e. The molecule has 0 fully saturated rings. The number of carbonyl (C=O) groups is 1. The highest BCUT2D eigenvalue weighted by Crippen LogP contribution is 2.33. The van der Waals surface area contributed by atoms with Gasteiger partial charge in [-0.25, -0.2) is 4.68 Å². The molecule has 0 bridgehead atoms. The highest BCUT2D eigenvalue weighted by Gasteiger charge is 2.31. The molecular formula is C23H26N2O3. The van der Waals surface area contributed by atoms with Crippen LogP contribution in [0.25, 0.3) is 16.9 Å². The molecular weight excluding hydrogens is 352 g/mol. The minimum Gasteiger partial charge on any atom is -0.497 e. The summed E-state index contributed by atoms with van der Waals surface area (Å²) in [4.78, 5) is 10.9. The van der Waals surface area contributed by atoms with Crippen molar-refractivity contribution < 1.29 is 14.6 Å². The molecule has 0 aliphatic carbocycles. The second-order valence-corrected chi connectivity index (χ2v) is 6.98. The Labute approximate surface area is 165 Å². The van der Waals surface area contributed by atoms with Gasteiger partial charge in [0.15, 0.2) is 0 Å². The van der Waals surface area contributed by atoms with Crippen LogP contribution in [0.4, 0.5) is 0 Å². The Morgan fingerprint density at radius 3 is 2.39 bits per heavy atom. The summed E-state index contributed by atoms with van der Waals surface area (Å²) in [6.07, 6.45) is 1.95. The molecule has 1 atom stereocenters. The van der Waals surface area contributed by atoms with E-state index in [2.05, 4.69) is 12.1 Å². The Bertz CT molecular complexity index is 929. The monoisotopic (exact) mass is 378 g/mol. The third-order valence-corrected chi connectivity index (χ3v) is 5.11. The number of benzene rings is 2. The van der Waals surface area contributed by atoms with Gasteiger partial charge >= 0.3 is 0 Å². The lowest BCUT2D eigenvalue weighted by molar-refractivity contribution is -0.109. The molecule has 2 aromatic carbocycles. The lowest BCUT2D eigenvalue weighted by Gasteiger charge is -2.23. The van der Waals surface area contributed by atoms with Crippen molar-refractivity contribution in [1.82, 2.24) is 9.78 Å². The van der Waals surface area contributed by atoms with Crippen LogP contribution in [0.5, 0.6) is 5.75 Å². The zero-order valence-electron chi connectivity index (χ0n) is 16.6. The first kappa shape index (κ1) is 19.8. The van der Waals surface area contributed by atoms with Gasteiger partial charge < -0.3 is 14.6 Å². The molecule has 5 heteroatoms. The number of hydrogen-bond acceptors (Lipinski definition) is 4. The molecule has 3 rings (SSSR count). The molecule has 28 heavy (non-hydrogen) atoms. The van der Waals surface area contributed by atoms with Crippen molar-refractivity contribution >= 4 is 6.29 Å². The van der Waals surface area contributed by atoms with Gasteiger partial charge in [0.1, 0.15) is 17.6 Å². The van der Waals surface area contributed by atoms with Crippen LogP contribution in [0, 0.1) is 6.92 Å². The van der Waals surface area contributed by atoms with E-state index in [9.17, 15) is 9.90 Å². The van der Waals surface area contributed by atoms with Crippen molar-refractivity contribution in [3.05, 3.63) is 65.9 Å². The second-order valence-electron chi connectivity index (χ2n) is 6.98. The van der Waals surface area contributed by atoms with Gasteiger partial charge in [-0.1, -0.05) is 36.8 Å². The van der Waals surface area contributed by atoms with Gasteiger partial charge in [0.05, 0.1) is 24.2 Å². The Kier molecular flexibility index (Phi) is 5.95. The maximum absolute atomic E-state index is 11.1. The SMILES string of the molecule is CCC(O)(CCC=O)c1cc(-c2ccc(C)cc2)n(-c2ccc(OC)cc2)n1. The van der Waals surface area contributed by atoms with Gasteiger partial charge in [-0.15, -0.1) is 0 Å². The number of aromatic nitrogens is 2. The molecule has 0 saturated heterocycles. The molecule has 0 aliphatic heterocycles. The van der Waals surface area contributed by atoms with Crippen molar-refractivity contribution in [2.24, 2.45) is 0 Å². The van der Waals surface area contributed by atoms with Crippen LogP contribution < -0.4 is 4.74 Å². The number of methoxy groups -OCH3 is 1. The Balaban J connectivity index is 2.13. The van der Waals surface area contributed by atoms with Crippen molar-refractivity contribution in [1.29, 1.82) is 0 Å².